The number of nitrogens with zero attached hydrogens (tertiary/aromatic N) is 1. The molecule has 0 spiro atoms. The molecule has 0 bridgehead atoms. The maximum Gasteiger partial charge on any atom is 0.250 e. The van der Waals surface area contributed by atoms with Crippen LogP contribution in [0.15, 0.2) is 24.4 Å². The van der Waals surface area contributed by atoms with Gasteiger partial charge in [0.15, 0.2) is 0 Å². The molecule has 1 aliphatic rings. The van der Waals surface area contributed by atoms with Gasteiger partial charge in [-0.15, -0.1) is 0 Å². The molecule has 4 nitrogen and oxygen atoms in total. The SMILES string of the molecule is NC(=O)c1cn(C[C@H]2CO2)c2cccc(Cl)c12. The molecule has 1 aromatic heterocycles. The van der Waals surface area contributed by atoms with Gasteiger partial charge < -0.3 is 15.0 Å². The lowest BCUT2D eigenvalue weighted by molar-refractivity contribution is 0.100. The average molecular weight is 251 g/mol. The van der Waals surface area contributed by atoms with Gasteiger partial charge in [0.2, 0.25) is 0 Å². The first-order chi connectivity index (χ1) is 8.16. The molecule has 2 aromatic rings. The van der Waals surface area contributed by atoms with Crippen LogP contribution in [0.5, 0.6) is 0 Å². The zero-order chi connectivity index (χ0) is 12.0. The van der Waals surface area contributed by atoms with Gasteiger partial charge in [-0.1, -0.05) is 17.7 Å². The van der Waals surface area contributed by atoms with Crippen LogP contribution in [0.25, 0.3) is 10.9 Å². The fourth-order valence-corrected chi connectivity index (χ4v) is 2.31. The number of epoxide rings is 1. The van der Waals surface area contributed by atoms with Crippen LogP contribution in [-0.4, -0.2) is 23.2 Å². The van der Waals surface area contributed by atoms with E-state index in [9.17, 15) is 4.79 Å². The molecule has 1 aromatic carbocycles. The van der Waals surface area contributed by atoms with Crippen LogP contribution >= 0.6 is 11.6 Å². The number of carbonyl (C=O) groups excluding carboxylic acids is 1. The highest BCUT2D eigenvalue weighted by Gasteiger charge is 2.25. The number of halogens is 1. The summed E-state index contributed by atoms with van der Waals surface area (Å²) in [6.45, 7) is 1.50. The van der Waals surface area contributed by atoms with Gasteiger partial charge in [-0.25, -0.2) is 0 Å². The summed E-state index contributed by atoms with van der Waals surface area (Å²) in [5.74, 6) is -0.460. The van der Waals surface area contributed by atoms with Gasteiger partial charge in [-0.3, -0.25) is 4.79 Å². The molecule has 88 valence electrons. The summed E-state index contributed by atoms with van der Waals surface area (Å²) in [6.07, 6.45) is 1.99. The standard InChI is InChI=1S/C12H11ClN2O2/c13-9-2-1-3-10-11(9)8(12(14)16)5-15(10)4-7-6-17-7/h1-3,5,7H,4,6H2,(H2,14,16)/t7-/m0/s1. The van der Waals surface area contributed by atoms with Crippen molar-refractivity contribution in [1.29, 1.82) is 0 Å². The smallest absolute Gasteiger partial charge is 0.250 e. The zero-order valence-electron chi connectivity index (χ0n) is 9.02. The van der Waals surface area contributed by atoms with E-state index in [0.717, 1.165) is 24.1 Å². The van der Waals surface area contributed by atoms with Gasteiger partial charge in [0.05, 0.1) is 35.4 Å². The summed E-state index contributed by atoms with van der Waals surface area (Å²) in [5.41, 5.74) is 6.75. The minimum absolute atomic E-state index is 0.241. The fraction of sp³-hybridized carbons (Fsp3) is 0.250. The van der Waals surface area contributed by atoms with Crippen LogP contribution < -0.4 is 5.73 Å². The topological polar surface area (TPSA) is 60.6 Å². The van der Waals surface area contributed by atoms with Crippen LogP contribution in [0.2, 0.25) is 5.02 Å². The Morgan fingerprint density at radius 1 is 1.59 bits per heavy atom. The predicted octanol–water partition coefficient (Wildman–Crippen LogP) is 1.79. The van der Waals surface area contributed by atoms with Crippen molar-refractivity contribution in [3.8, 4) is 0 Å². The van der Waals surface area contributed by atoms with Crippen LogP contribution in [0, 0.1) is 0 Å². The van der Waals surface area contributed by atoms with E-state index in [4.69, 9.17) is 22.1 Å². The molecule has 17 heavy (non-hydrogen) atoms. The Labute approximate surface area is 103 Å². The van der Waals surface area contributed by atoms with E-state index in [0.29, 0.717) is 10.6 Å². The minimum Gasteiger partial charge on any atom is -0.371 e. The number of nitrogens with two attached hydrogens (primary N) is 1. The molecule has 3 rings (SSSR count). The Bertz CT molecular complexity index is 602. The number of hydrogen-bond acceptors (Lipinski definition) is 2. The summed E-state index contributed by atoms with van der Waals surface area (Å²) < 4.78 is 7.16. The Kier molecular flexibility index (Phi) is 2.34. The average Bonchev–Trinajstić information content (AvgIpc) is 3.00. The van der Waals surface area contributed by atoms with Crippen LogP contribution in [-0.2, 0) is 11.3 Å². The summed E-state index contributed by atoms with van der Waals surface area (Å²) in [6, 6.07) is 5.55. The van der Waals surface area contributed by atoms with Gasteiger partial charge in [-0.05, 0) is 12.1 Å². The second kappa shape index (κ2) is 3.75. The number of fused-ring (bicyclic) bond motifs is 1. The predicted molar refractivity (Wildman–Crippen MR) is 65.2 cm³/mol. The zero-order valence-corrected chi connectivity index (χ0v) is 9.78. The third-order valence-electron chi connectivity index (χ3n) is 2.92. The number of primary amides is 1. The molecular formula is C12H11ClN2O2. The molecule has 5 heteroatoms. The van der Waals surface area contributed by atoms with E-state index in [-0.39, 0.29) is 6.10 Å². The lowest BCUT2D eigenvalue weighted by atomic mass is 10.1. The molecule has 2 heterocycles. The Hall–Kier alpha value is -1.52. The van der Waals surface area contributed by atoms with E-state index in [2.05, 4.69) is 0 Å². The van der Waals surface area contributed by atoms with Crippen LogP contribution in [0.1, 0.15) is 10.4 Å². The molecule has 2 N–H and O–H groups in total. The lowest BCUT2D eigenvalue weighted by Crippen LogP contribution is -2.10. The van der Waals surface area contributed by atoms with Crippen molar-refractivity contribution in [2.24, 2.45) is 5.73 Å². The van der Waals surface area contributed by atoms with Gasteiger partial charge in [-0.2, -0.15) is 0 Å². The number of ether oxygens (including phenoxy) is 1. The number of hydrogen-bond donors (Lipinski definition) is 1. The highest BCUT2D eigenvalue weighted by atomic mass is 35.5. The molecular weight excluding hydrogens is 240 g/mol. The van der Waals surface area contributed by atoms with Crippen molar-refractivity contribution in [1.82, 2.24) is 4.57 Å². The summed E-state index contributed by atoms with van der Waals surface area (Å²) in [5, 5.41) is 1.27. The van der Waals surface area contributed by atoms with Crippen molar-refractivity contribution in [2.75, 3.05) is 6.61 Å². The summed E-state index contributed by atoms with van der Waals surface area (Å²) in [7, 11) is 0. The van der Waals surface area contributed by atoms with Crippen molar-refractivity contribution in [2.45, 2.75) is 12.6 Å². The van der Waals surface area contributed by atoms with Gasteiger partial charge >= 0.3 is 0 Å². The molecule has 0 saturated carbocycles. The number of carbonyl (C=O) groups is 1. The Morgan fingerprint density at radius 2 is 2.35 bits per heavy atom. The van der Waals surface area contributed by atoms with Crippen molar-refractivity contribution >= 4 is 28.4 Å². The number of benzene rings is 1. The summed E-state index contributed by atoms with van der Waals surface area (Å²) in [4.78, 5) is 11.4. The first-order valence-electron chi connectivity index (χ1n) is 5.35. The third-order valence-corrected chi connectivity index (χ3v) is 3.24. The minimum atomic E-state index is -0.460. The van der Waals surface area contributed by atoms with E-state index >= 15 is 0 Å². The monoisotopic (exact) mass is 250 g/mol. The Morgan fingerprint density at radius 3 is 3.00 bits per heavy atom. The molecule has 1 atom stereocenters. The normalized spacial score (nSPS) is 18.5. The van der Waals surface area contributed by atoms with Crippen molar-refractivity contribution in [3.63, 3.8) is 0 Å². The third kappa shape index (κ3) is 1.79. The maximum atomic E-state index is 11.4. The number of aromatic nitrogens is 1. The molecule has 1 saturated heterocycles. The number of rotatable bonds is 3. The van der Waals surface area contributed by atoms with E-state index < -0.39 is 5.91 Å². The van der Waals surface area contributed by atoms with Gasteiger partial charge in [0.25, 0.3) is 5.91 Å². The Balaban J connectivity index is 2.22. The van der Waals surface area contributed by atoms with E-state index in [1.165, 1.54) is 0 Å². The fourth-order valence-electron chi connectivity index (χ4n) is 2.04. The van der Waals surface area contributed by atoms with Gasteiger partial charge in [0, 0.05) is 11.6 Å². The van der Waals surface area contributed by atoms with E-state index in [1.807, 2.05) is 16.7 Å². The molecule has 1 aliphatic heterocycles. The van der Waals surface area contributed by atoms with Crippen LogP contribution in [0.3, 0.4) is 0 Å². The maximum absolute atomic E-state index is 11.4. The highest BCUT2D eigenvalue weighted by molar-refractivity contribution is 6.36. The first kappa shape index (κ1) is 10.6. The van der Waals surface area contributed by atoms with Crippen LogP contribution in [0.4, 0.5) is 0 Å². The highest BCUT2D eigenvalue weighted by Crippen LogP contribution is 2.29. The van der Waals surface area contributed by atoms with E-state index in [1.54, 1.807) is 12.3 Å². The second-order valence-corrected chi connectivity index (χ2v) is 4.56. The molecule has 0 radical (unpaired) electrons. The van der Waals surface area contributed by atoms with Crippen molar-refractivity contribution < 1.29 is 9.53 Å². The largest absolute Gasteiger partial charge is 0.371 e. The molecule has 1 fully saturated rings. The van der Waals surface area contributed by atoms with Crippen molar-refractivity contribution in [3.05, 3.63) is 35.0 Å². The molecule has 0 unspecified atom stereocenters. The quantitative estimate of drug-likeness (QED) is 0.845. The summed E-state index contributed by atoms with van der Waals surface area (Å²) >= 11 is 6.12. The first-order valence-corrected chi connectivity index (χ1v) is 5.73. The second-order valence-electron chi connectivity index (χ2n) is 4.15. The lowest BCUT2D eigenvalue weighted by Gasteiger charge is -2.02. The number of amides is 1. The van der Waals surface area contributed by atoms with Gasteiger partial charge in [0.1, 0.15) is 0 Å². The molecule has 1 amide bonds. The molecule has 0 aliphatic carbocycles.